The third-order valence-corrected chi connectivity index (χ3v) is 3.32. The van der Waals surface area contributed by atoms with Crippen molar-refractivity contribution >= 4 is 11.6 Å². The number of amides is 1. The molecule has 0 unspecified atom stereocenters. The van der Waals surface area contributed by atoms with Crippen LogP contribution in [0.2, 0.25) is 0 Å². The number of pyridine rings is 1. The molecule has 0 atom stereocenters. The molecule has 7 heteroatoms. The molecule has 1 amide bonds. The van der Waals surface area contributed by atoms with Gasteiger partial charge in [0, 0.05) is 30.8 Å². The summed E-state index contributed by atoms with van der Waals surface area (Å²) in [6.07, 6.45) is 3.76. The largest absolute Gasteiger partial charge is 0.375 e. The molecule has 0 spiro atoms. The standard InChI is InChI=1S/C17H16N4O3/c1-23-11-15(22)19-14-5-3-2-4-13(14)10-16-20-17(21-24-16)12-6-8-18-9-7-12/h2-9H,10-11H2,1H3,(H,19,22). The zero-order valence-corrected chi connectivity index (χ0v) is 13.1. The Morgan fingerprint density at radius 3 is 2.79 bits per heavy atom. The van der Waals surface area contributed by atoms with Crippen LogP contribution < -0.4 is 5.32 Å². The lowest BCUT2D eigenvalue weighted by Crippen LogP contribution is -2.18. The Morgan fingerprint density at radius 2 is 2.00 bits per heavy atom. The van der Waals surface area contributed by atoms with E-state index >= 15 is 0 Å². The molecular formula is C17H16N4O3. The van der Waals surface area contributed by atoms with Gasteiger partial charge in [-0.25, -0.2) is 0 Å². The lowest BCUT2D eigenvalue weighted by atomic mass is 10.1. The van der Waals surface area contributed by atoms with Gasteiger partial charge < -0.3 is 14.6 Å². The highest BCUT2D eigenvalue weighted by molar-refractivity contribution is 5.92. The van der Waals surface area contributed by atoms with Gasteiger partial charge in [0.15, 0.2) is 0 Å². The van der Waals surface area contributed by atoms with Crippen molar-refractivity contribution in [3.05, 3.63) is 60.2 Å². The molecule has 0 bridgehead atoms. The van der Waals surface area contributed by atoms with Gasteiger partial charge in [-0.15, -0.1) is 0 Å². The summed E-state index contributed by atoms with van der Waals surface area (Å²) in [6.45, 7) is 0.00107. The number of rotatable bonds is 6. The third-order valence-electron chi connectivity index (χ3n) is 3.32. The topological polar surface area (TPSA) is 90.1 Å². The smallest absolute Gasteiger partial charge is 0.250 e. The lowest BCUT2D eigenvalue weighted by molar-refractivity contribution is -0.119. The van der Waals surface area contributed by atoms with E-state index in [1.54, 1.807) is 12.4 Å². The molecule has 1 N–H and O–H groups in total. The number of nitrogens with zero attached hydrogens (tertiary/aromatic N) is 3. The molecule has 0 fully saturated rings. The van der Waals surface area contributed by atoms with E-state index < -0.39 is 0 Å². The molecule has 3 rings (SSSR count). The number of methoxy groups -OCH3 is 1. The lowest BCUT2D eigenvalue weighted by Gasteiger charge is -2.09. The molecule has 3 aromatic rings. The maximum atomic E-state index is 11.7. The SMILES string of the molecule is COCC(=O)Nc1ccccc1Cc1nc(-c2ccncc2)no1. The highest BCUT2D eigenvalue weighted by Gasteiger charge is 2.12. The first-order chi connectivity index (χ1) is 11.8. The van der Waals surface area contributed by atoms with E-state index in [-0.39, 0.29) is 12.5 Å². The molecule has 7 nitrogen and oxygen atoms in total. The Balaban J connectivity index is 1.77. The average molecular weight is 324 g/mol. The zero-order valence-electron chi connectivity index (χ0n) is 13.1. The van der Waals surface area contributed by atoms with Gasteiger partial charge in [0.05, 0.1) is 6.42 Å². The van der Waals surface area contributed by atoms with E-state index in [0.717, 1.165) is 11.1 Å². The van der Waals surface area contributed by atoms with Gasteiger partial charge in [-0.3, -0.25) is 9.78 Å². The number of para-hydroxylation sites is 1. The van der Waals surface area contributed by atoms with Crippen LogP contribution in [0.15, 0.2) is 53.3 Å². The predicted molar refractivity (Wildman–Crippen MR) is 87.3 cm³/mol. The molecule has 0 aliphatic rings. The van der Waals surface area contributed by atoms with E-state index in [2.05, 4.69) is 20.4 Å². The van der Waals surface area contributed by atoms with Gasteiger partial charge in [-0.1, -0.05) is 23.4 Å². The third kappa shape index (κ3) is 3.82. The van der Waals surface area contributed by atoms with Gasteiger partial charge in [-0.05, 0) is 23.8 Å². The minimum atomic E-state index is -0.215. The summed E-state index contributed by atoms with van der Waals surface area (Å²) in [6, 6.07) is 11.1. The number of carbonyl (C=O) groups is 1. The van der Waals surface area contributed by atoms with Crippen molar-refractivity contribution in [2.24, 2.45) is 0 Å². The van der Waals surface area contributed by atoms with Gasteiger partial charge in [0.1, 0.15) is 6.61 Å². The number of anilines is 1. The highest BCUT2D eigenvalue weighted by atomic mass is 16.5. The van der Waals surface area contributed by atoms with Crippen molar-refractivity contribution in [1.29, 1.82) is 0 Å². The van der Waals surface area contributed by atoms with Crippen molar-refractivity contribution in [2.75, 3.05) is 19.0 Å². The highest BCUT2D eigenvalue weighted by Crippen LogP contribution is 2.20. The van der Waals surface area contributed by atoms with Crippen LogP contribution in [-0.4, -0.2) is 34.7 Å². The molecule has 2 heterocycles. The minimum Gasteiger partial charge on any atom is -0.375 e. The van der Waals surface area contributed by atoms with Crippen LogP contribution in [0.4, 0.5) is 5.69 Å². The van der Waals surface area contributed by atoms with E-state index in [9.17, 15) is 4.79 Å². The van der Waals surface area contributed by atoms with Crippen molar-refractivity contribution in [1.82, 2.24) is 15.1 Å². The second kappa shape index (κ2) is 7.47. The summed E-state index contributed by atoms with van der Waals surface area (Å²) in [7, 11) is 1.48. The van der Waals surface area contributed by atoms with Crippen LogP contribution in [0.1, 0.15) is 11.5 Å². The van der Waals surface area contributed by atoms with Crippen LogP contribution in [-0.2, 0) is 16.0 Å². The van der Waals surface area contributed by atoms with E-state index in [1.807, 2.05) is 36.4 Å². The Morgan fingerprint density at radius 1 is 1.21 bits per heavy atom. The molecule has 0 saturated heterocycles. The second-order valence-corrected chi connectivity index (χ2v) is 5.06. The monoisotopic (exact) mass is 324 g/mol. The van der Waals surface area contributed by atoms with Gasteiger partial charge >= 0.3 is 0 Å². The van der Waals surface area contributed by atoms with Crippen LogP contribution >= 0.6 is 0 Å². The number of ether oxygens (including phenoxy) is 1. The number of carbonyl (C=O) groups excluding carboxylic acids is 1. The Labute approximate surface area is 138 Å². The first-order valence-corrected chi connectivity index (χ1v) is 7.36. The molecule has 0 saturated carbocycles. The molecule has 2 aromatic heterocycles. The summed E-state index contributed by atoms with van der Waals surface area (Å²) in [4.78, 5) is 20.1. The fourth-order valence-corrected chi connectivity index (χ4v) is 2.22. The number of hydrogen-bond acceptors (Lipinski definition) is 6. The van der Waals surface area contributed by atoms with E-state index in [1.165, 1.54) is 7.11 Å². The van der Waals surface area contributed by atoms with Crippen LogP contribution in [0.5, 0.6) is 0 Å². The summed E-state index contributed by atoms with van der Waals surface area (Å²) in [5, 5.41) is 6.79. The first-order valence-electron chi connectivity index (χ1n) is 7.36. The number of nitrogens with one attached hydrogen (secondary N) is 1. The Hall–Kier alpha value is -3.06. The molecule has 1 aromatic carbocycles. The Bertz CT molecular complexity index is 817. The number of aromatic nitrogens is 3. The van der Waals surface area contributed by atoms with Crippen LogP contribution in [0, 0.1) is 0 Å². The number of hydrogen-bond donors (Lipinski definition) is 1. The minimum absolute atomic E-state index is 0.00107. The maximum absolute atomic E-state index is 11.7. The average Bonchev–Trinajstić information content (AvgIpc) is 3.06. The molecule has 0 radical (unpaired) electrons. The molecule has 0 aliphatic heterocycles. The molecule has 24 heavy (non-hydrogen) atoms. The van der Waals surface area contributed by atoms with E-state index in [4.69, 9.17) is 9.26 Å². The normalized spacial score (nSPS) is 10.5. The number of benzene rings is 1. The summed E-state index contributed by atoms with van der Waals surface area (Å²) in [5.41, 5.74) is 2.41. The van der Waals surface area contributed by atoms with Crippen molar-refractivity contribution < 1.29 is 14.1 Å². The first kappa shape index (κ1) is 15.8. The molecule has 0 aliphatic carbocycles. The Kier molecular flexibility index (Phi) is 4.93. The zero-order chi connectivity index (χ0) is 16.8. The summed E-state index contributed by atoms with van der Waals surface area (Å²) < 4.78 is 10.1. The maximum Gasteiger partial charge on any atom is 0.250 e. The van der Waals surface area contributed by atoms with E-state index in [0.29, 0.717) is 23.8 Å². The van der Waals surface area contributed by atoms with Gasteiger partial charge in [-0.2, -0.15) is 4.98 Å². The molecule has 122 valence electrons. The fourth-order valence-electron chi connectivity index (χ4n) is 2.22. The molecular weight excluding hydrogens is 308 g/mol. The van der Waals surface area contributed by atoms with Crippen LogP contribution in [0.3, 0.4) is 0 Å². The fraction of sp³-hybridized carbons (Fsp3) is 0.176. The quantitative estimate of drug-likeness (QED) is 0.748. The van der Waals surface area contributed by atoms with Crippen LogP contribution in [0.25, 0.3) is 11.4 Å². The second-order valence-electron chi connectivity index (χ2n) is 5.06. The van der Waals surface area contributed by atoms with Crippen molar-refractivity contribution in [3.63, 3.8) is 0 Å². The van der Waals surface area contributed by atoms with Gasteiger partial charge in [0.2, 0.25) is 17.6 Å². The predicted octanol–water partition coefficient (Wildman–Crippen LogP) is 2.31. The summed E-state index contributed by atoms with van der Waals surface area (Å²) in [5.74, 6) is 0.761. The van der Waals surface area contributed by atoms with Gasteiger partial charge in [0.25, 0.3) is 0 Å². The van der Waals surface area contributed by atoms with Crippen molar-refractivity contribution in [2.45, 2.75) is 6.42 Å². The summed E-state index contributed by atoms with van der Waals surface area (Å²) >= 11 is 0. The van der Waals surface area contributed by atoms with Crippen molar-refractivity contribution in [3.8, 4) is 11.4 Å².